The van der Waals surface area contributed by atoms with Crippen LogP contribution in [0.5, 0.6) is 0 Å². The molecule has 2 aromatic rings. The van der Waals surface area contributed by atoms with Crippen LogP contribution in [-0.2, 0) is 0 Å². The van der Waals surface area contributed by atoms with Crippen molar-refractivity contribution >= 4 is 11.4 Å². The molecule has 0 atom stereocenters. The van der Waals surface area contributed by atoms with Crippen LogP contribution in [0.15, 0.2) is 36.4 Å². The number of halogens is 1. The van der Waals surface area contributed by atoms with Gasteiger partial charge in [0.1, 0.15) is 5.82 Å². The first kappa shape index (κ1) is 11.0. The summed E-state index contributed by atoms with van der Waals surface area (Å²) in [6, 6.07) is 11.1. The van der Waals surface area contributed by atoms with Crippen LogP contribution in [0.4, 0.5) is 15.8 Å². The average Bonchev–Trinajstić information content (AvgIpc) is 2.32. The smallest absolute Gasteiger partial charge is 0.131 e. The summed E-state index contributed by atoms with van der Waals surface area (Å²) in [5, 5.41) is 9.01. The predicted molar refractivity (Wildman–Crippen MR) is 65.4 cm³/mol. The summed E-state index contributed by atoms with van der Waals surface area (Å²) in [5.41, 5.74) is 13.2. The summed E-state index contributed by atoms with van der Waals surface area (Å²) in [4.78, 5) is 0. The lowest BCUT2D eigenvalue weighted by Gasteiger charge is -2.09. The first-order valence-corrected chi connectivity index (χ1v) is 4.97. The molecule has 84 valence electrons. The van der Waals surface area contributed by atoms with Crippen molar-refractivity contribution in [2.24, 2.45) is 0 Å². The number of rotatable bonds is 1. The topological polar surface area (TPSA) is 75.8 Å². The highest BCUT2D eigenvalue weighted by Crippen LogP contribution is 2.32. The Labute approximate surface area is 98.1 Å². The zero-order valence-corrected chi connectivity index (χ0v) is 8.94. The van der Waals surface area contributed by atoms with E-state index in [1.54, 1.807) is 18.2 Å². The van der Waals surface area contributed by atoms with E-state index >= 15 is 0 Å². The van der Waals surface area contributed by atoms with Crippen LogP contribution in [0.2, 0.25) is 0 Å². The van der Waals surface area contributed by atoms with Gasteiger partial charge in [-0.15, -0.1) is 0 Å². The second-order valence-corrected chi connectivity index (χ2v) is 3.62. The number of hydrogen-bond acceptors (Lipinski definition) is 3. The van der Waals surface area contributed by atoms with Crippen molar-refractivity contribution in [2.75, 3.05) is 11.5 Å². The van der Waals surface area contributed by atoms with Gasteiger partial charge in [0, 0.05) is 22.5 Å². The van der Waals surface area contributed by atoms with Crippen LogP contribution in [-0.4, -0.2) is 0 Å². The second kappa shape index (κ2) is 4.14. The van der Waals surface area contributed by atoms with E-state index in [2.05, 4.69) is 0 Å². The van der Waals surface area contributed by atoms with E-state index in [9.17, 15) is 4.39 Å². The van der Waals surface area contributed by atoms with Crippen molar-refractivity contribution in [1.29, 1.82) is 5.26 Å². The van der Waals surface area contributed by atoms with Gasteiger partial charge < -0.3 is 11.5 Å². The maximum atomic E-state index is 13.7. The number of nitrogen functional groups attached to an aromatic ring is 2. The molecule has 3 nitrogen and oxygen atoms in total. The molecule has 0 fully saturated rings. The molecule has 0 saturated carbocycles. The molecule has 0 heterocycles. The van der Waals surface area contributed by atoms with E-state index in [4.69, 9.17) is 16.7 Å². The summed E-state index contributed by atoms with van der Waals surface area (Å²) in [6.45, 7) is 0. The molecule has 0 saturated heterocycles. The molecule has 4 heteroatoms. The zero-order valence-electron chi connectivity index (χ0n) is 8.94. The lowest BCUT2D eigenvalue weighted by atomic mass is 9.97. The molecule has 17 heavy (non-hydrogen) atoms. The molecule has 0 amide bonds. The molecule has 0 spiro atoms. The standard InChI is InChI=1S/C13H10FN3/c14-11-5-4-9(16)6-10(11)13-8(7-15)2-1-3-12(13)17/h1-6H,16-17H2. The first-order valence-electron chi connectivity index (χ1n) is 4.97. The predicted octanol–water partition coefficient (Wildman–Crippen LogP) is 2.53. The number of anilines is 2. The highest BCUT2D eigenvalue weighted by atomic mass is 19.1. The van der Waals surface area contributed by atoms with Crippen LogP contribution in [0.1, 0.15) is 5.56 Å². The maximum Gasteiger partial charge on any atom is 0.131 e. The molecule has 0 aliphatic heterocycles. The monoisotopic (exact) mass is 227 g/mol. The van der Waals surface area contributed by atoms with Gasteiger partial charge in [0.25, 0.3) is 0 Å². The van der Waals surface area contributed by atoms with E-state index in [0.717, 1.165) is 0 Å². The minimum atomic E-state index is -0.450. The second-order valence-electron chi connectivity index (χ2n) is 3.62. The number of nitrogens with two attached hydrogens (primary N) is 2. The summed E-state index contributed by atoms with van der Waals surface area (Å²) in [5.74, 6) is -0.450. The first-order chi connectivity index (χ1) is 8.13. The van der Waals surface area contributed by atoms with Crippen molar-refractivity contribution in [3.8, 4) is 17.2 Å². The summed E-state index contributed by atoms with van der Waals surface area (Å²) >= 11 is 0. The number of hydrogen-bond donors (Lipinski definition) is 2. The molecule has 2 aromatic carbocycles. The normalized spacial score (nSPS) is 9.88. The molecule has 2 rings (SSSR count). The van der Waals surface area contributed by atoms with Gasteiger partial charge in [-0.25, -0.2) is 4.39 Å². The SMILES string of the molecule is N#Cc1cccc(N)c1-c1cc(N)ccc1F. The number of nitriles is 1. The summed E-state index contributed by atoms with van der Waals surface area (Å²) < 4.78 is 13.7. The van der Waals surface area contributed by atoms with E-state index in [1.807, 2.05) is 6.07 Å². The van der Waals surface area contributed by atoms with Crippen LogP contribution < -0.4 is 11.5 Å². The quantitative estimate of drug-likeness (QED) is 0.735. The molecule has 0 bridgehead atoms. The van der Waals surface area contributed by atoms with Crippen LogP contribution in [0.25, 0.3) is 11.1 Å². The Morgan fingerprint density at radius 2 is 1.88 bits per heavy atom. The lowest BCUT2D eigenvalue weighted by Crippen LogP contribution is -1.96. The minimum Gasteiger partial charge on any atom is -0.399 e. The molecular weight excluding hydrogens is 217 g/mol. The third-order valence-electron chi connectivity index (χ3n) is 2.48. The molecular formula is C13H10FN3. The van der Waals surface area contributed by atoms with Crippen molar-refractivity contribution in [3.63, 3.8) is 0 Å². The Kier molecular flexibility index (Phi) is 2.67. The van der Waals surface area contributed by atoms with Gasteiger partial charge in [0.15, 0.2) is 0 Å². The minimum absolute atomic E-state index is 0.250. The maximum absolute atomic E-state index is 13.7. The Morgan fingerprint density at radius 3 is 2.59 bits per heavy atom. The molecule has 4 N–H and O–H groups in total. The molecule has 0 aliphatic carbocycles. The summed E-state index contributed by atoms with van der Waals surface area (Å²) in [6.07, 6.45) is 0. The zero-order chi connectivity index (χ0) is 12.4. The van der Waals surface area contributed by atoms with Gasteiger partial charge in [-0.2, -0.15) is 5.26 Å². The van der Waals surface area contributed by atoms with Gasteiger partial charge in [0.05, 0.1) is 11.6 Å². The van der Waals surface area contributed by atoms with E-state index in [1.165, 1.54) is 18.2 Å². The molecule has 0 radical (unpaired) electrons. The third-order valence-corrected chi connectivity index (χ3v) is 2.48. The Hall–Kier alpha value is -2.54. The van der Waals surface area contributed by atoms with E-state index in [-0.39, 0.29) is 5.56 Å². The average molecular weight is 227 g/mol. The number of nitrogens with zero attached hydrogens (tertiary/aromatic N) is 1. The van der Waals surface area contributed by atoms with E-state index < -0.39 is 5.82 Å². The van der Waals surface area contributed by atoms with Gasteiger partial charge in [-0.1, -0.05) is 6.07 Å². The lowest BCUT2D eigenvalue weighted by molar-refractivity contribution is 0.631. The molecule has 0 unspecified atom stereocenters. The molecule has 0 aromatic heterocycles. The van der Waals surface area contributed by atoms with Crippen molar-refractivity contribution in [3.05, 3.63) is 47.8 Å². The largest absolute Gasteiger partial charge is 0.399 e. The van der Waals surface area contributed by atoms with Gasteiger partial charge >= 0.3 is 0 Å². The van der Waals surface area contributed by atoms with E-state index in [0.29, 0.717) is 22.5 Å². The van der Waals surface area contributed by atoms with Crippen LogP contribution in [0, 0.1) is 17.1 Å². The van der Waals surface area contributed by atoms with Crippen molar-refractivity contribution in [1.82, 2.24) is 0 Å². The fourth-order valence-electron chi connectivity index (χ4n) is 1.70. The van der Waals surface area contributed by atoms with Crippen molar-refractivity contribution in [2.45, 2.75) is 0 Å². The Bertz CT molecular complexity index is 615. The van der Waals surface area contributed by atoms with Gasteiger partial charge in [0.2, 0.25) is 0 Å². The fourth-order valence-corrected chi connectivity index (χ4v) is 1.70. The van der Waals surface area contributed by atoms with Gasteiger partial charge in [-0.3, -0.25) is 0 Å². The molecule has 0 aliphatic rings. The Balaban J connectivity index is 2.77. The fraction of sp³-hybridized carbons (Fsp3) is 0. The van der Waals surface area contributed by atoms with Crippen LogP contribution >= 0.6 is 0 Å². The highest BCUT2D eigenvalue weighted by Gasteiger charge is 2.13. The summed E-state index contributed by atoms with van der Waals surface area (Å²) in [7, 11) is 0. The number of benzene rings is 2. The van der Waals surface area contributed by atoms with Gasteiger partial charge in [-0.05, 0) is 30.3 Å². The highest BCUT2D eigenvalue weighted by molar-refractivity contribution is 5.83. The van der Waals surface area contributed by atoms with Crippen molar-refractivity contribution < 1.29 is 4.39 Å². The third kappa shape index (κ3) is 1.91. The van der Waals surface area contributed by atoms with Crippen LogP contribution in [0.3, 0.4) is 0 Å². The Morgan fingerprint density at radius 1 is 1.12 bits per heavy atom.